The third kappa shape index (κ3) is 3.00. The van der Waals surface area contributed by atoms with Crippen molar-refractivity contribution >= 4 is 28.9 Å². The van der Waals surface area contributed by atoms with Crippen LogP contribution >= 0.6 is 11.6 Å². The van der Waals surface area contributed by atoms with Gasteiger partial charge in [-0.05, 0) is 30.3 Å². The quantitative estimate of drug-likeness (QED) is 0.854. The first-order chi connectivity index (χ1) is 9.51. The first-order valence-corrected chi connectivity index (χ1v) is 6.09. The van der Waals surface area contributed by atoms with Crippen LogP contribution in [-0.2, 0) is 0 Å². The number of benzene rings is 2. The van der Waals surface area contributed by atoms with Crippen molar-refractivity contribution in [3.8, 4) is 5.75 Å². The Morgan fingerprint density at radius 2 is 2.05 bits per heavy atom. The number of amides is 1. The fourth-order valence-electron chi connectivity index (χ4n) is 1.63. The van der Waals surface area contributed by atoms with Crippen molar-refractivity contribution in [1.29, 1.82) is 0 Å². The van der Waals surface area contributed by atoms with Crippen LogP contribution in [0, 0.1) is 5.82 Å². The standard InChI is InChI=1S/C14H12ClFN2O2/c1-20-9-3-4-10(12(16)7-9)14(19)18-13-5-2-8(17)6-11(13)15/h2-7H,17H2,1H3,(H,18,19). The number of nitrogen functional groups attached to an aromatic ring is 1. The number of halogens is 2. The van der Waals surface area contributed by atoms with Gasteiger partial charge in [0.1, 0.15) is 11.6 Å². The van der Waals surface area contributed by atoms with Crippen LogP contribution in [0.2, 0.25) is 5.02 Å². The smallest absolute Gasteiger partial charge is 0.258 e. The van der Waals surface area contributed by atoms with E-state index in [0.29, 0.717) is 17.1 Å². The van der Waals surface area contributed by atoms with Crippen molar-refractivity contribution in [2.75, 3.05) is 18.2 Å². The number of methoxy groups -OCH3 is 1. The molecule has 0 aromatic heterocycles. The Labute approximate surface area is 120 Å². The van der Waals surface area contributed by atoms with Gasteiger partial charge in [0.15, 0.2) is 0 Å². The number of carbonyl (C=O) groups is 1. The summed E-state index contributed by atoms with van der Waals surface area (Å²) in [5, 5.41) is 2.81. The molecule has 1 amide bonds. The van der Waals surface area contributed by atoms with Gasteiger partial charge >= 0.3 is 0 Å². The van der Waals surface area contributed by atoms with Gasteiger partial charge in [0.25, 0.3) is 5.91 Å². The molecule has 0 heterocycles. The van der Waals surface area contributed by atoms with Crippen molar-refractivity contribution in [1.82, 2.24) is 0 Å². The van der Waals surface area contributed by atoms with E-state index >= 15 is 0 Å². The lowest BCUT2D eigenvalue weighted by atomic mass is 10.2. The molecule has 0 aliphatic heterocycles. The van der Waals surface area contributed by atoms with Crippen LogP contribution in [-0.4, -0.2) is 13.0 Å². The SMILES string of the molecule is COc1ccc(C(=O)Nc2ccc(N)cc2Cl)c(F)c1. The largest absolute Gasteiger partial charge is 0.497 e. The van der Waals surface area contributed by atoms with Gasteiger partial charge in [-0.2, -0.15) is 0 Å². The van der Waals surface area contributed by atoms with Crippen LogP contribution < -0.4 is 15.8 Å². The number of rotatable bonds is 3. The van der Waals surface area contributed by atoms with E-state index in [1.165, 1.54) is 25.3 Å². The highest BCUT2D eigenvalue weighted by molar-refractivity contribution is 6.34. The third-order valence-corrected chi connectivity index (χ3v) is 2.97. The Bertz CT molecular complexity index is 662. The predicted molar refractivity (Wildman–Crippen MR) is 76.8 cm³/mol. The lowest BCUT2D eigenvalue weighted by Crippen LogP contribution is -2.14. The third-order valence-electron chi connectivity index (χ3n) is 2.66. The Kier molecular flexibility index (Phi) is 4.10. The second-order valence-electron chi connectivity index (χ2n) is 4.04. The van der Waals surface area contributed by atoms with E-state index in [4.69, 9.17) is 22.1 Å². The molecule has 0 saturated carbocycles. The summed E-state index contributed by atoms with van der Waals surface area (Å²) in [4.78, 5) is 12.0. The molecule has 2 rings (SSSR count). The lowest BCUT2D eigenvalue weighted by molar-refractivity contribution is 0.102. The van der Waals surface area contributed by atoms with E-state index in [9.17, 15) is 9.18 Å². The first kappa shape index (κ1) is 14.1. The highest BCUT2D eigenvalue weighted by Crippen LogP contribution is 2.25. The molecule has 0 aliphatic carbocycles. The molecule has 3 N–H and O–H groups in total. The average molecular weight is 295 g/mol. The molecule has 20 heavy (non-hydrogen) atoms. The molecule has 104 valence electrons. The van der Waals surface area contributed by atoms with E-state index in [-0.39, 0.29) is 10.6 Å². The van der Waals surface area contributed by atoms with Gasteiger partial charge < -0.3 is 15.8 Å². The lowest BCUT2D eigenvalue weighted by Gasteiger charge is -2.09. The zero-order chi connectivity index (χ0) is 14.7. The van der Waals surface area contributed by atoms with E-state index < -0.39 is 11.7 Å². The molecule has 2 aromatic carbocycles. The molecule has 6 heteroatoms. The van der Waals surface area contributed by atoms with Gasteiger partial charge in [-0.25, -0.2) is 4.39 Å². The minimum absolute atomic E-state index is 0.0984. The fourth-order valence-corrected chi connectivity index (χ4v) is 1.87. The van der Waals surface area contributed by atoms with Crippen LogP contribution in [0.15, 0.2) is 36.4 Å². The molecule has 2 aromatic rings. The van der Waals surface area contributed by atoms with Gasteiger partial charge in [-0.15, -0.1) is 0 Å². The van der Waals surface area contributed by atoms with E-state index in [0.717, 1.165) is 6.07 Å². The first-order valence-electron chi connectivity index (χ1n) is 5.71. The zero-order valence-corrected chi connectivity index (χ0v) is 11.4. The van der Waals surface area contributed by atoms with Gasteiger partial charge in [0, 0.05) is 11.8 Å². The number of hydrogen-bond donors (Lipinski definition) is 2. The second kappa shape index (κ2) is 5.79. The van der Waals surface area contributed by atoms with Gasteiger partial charge in [0.05, 0.1) is 23.4 Å². The Hall–Kier alpha value is -2.27. The van der Waals surface area contributed by atoms with E-state index in [2.05, 4.69) is 5.32 Å². The van der Waals surface area contributed by atoms with Crippen molar-refractivity contribution in [3.05, 3.63) is 52.8 Å². The Morgan fingerprint density at radius 3 is 2.65 bits per heavy atom. The minimum Gasteiger partial charge on any atom is -0.497 e. The number of carbonyl (C=O) groups excluding carboxylic acids is 1. The van der Waals surface area contributed by atoms with E-state index in [1.807, 2.05) is 0 Å². The van der Waals surface area contributed by atoms with Gasteiger partial charge in [0.2, 0.25) is 0 Å². The topological polar surface area (TPSA) is 64.3 Å². The maximum absolute atomic E-state index is 13.8. The molecule has 0 fully saturated rings. The summed E-state index contributed by atoms with van der Waals surface area (Å²) in [6, 6.07) is 8.63. The monoisotopic (exact) mass is 294 g/mol. The zero-order valence-electron chi connectivity index (χ0n) is 10.6. The summed E-state index contributed by atoms with van der Waals surface area (Å²) in [5.41, 5.74) is 6.29. The molecule has 0 saturated heterocycles. The average Bonchev–Trinajstić information content (AvgIpc) is 2.41. The highest BCUT2D eigenvalue weighted by Gasteiger charge is 2.14. The van der Waals surface area contributed by atoms with Crippen molar-refractivity contribution < 1.29 is 13.9 Å². The summed E-state index contributed by atoms with van der Waals surface area (Å²) in [6.45, 7) is 0. The van der Waals surface area contributed by atoms with Crippen molar-refractivity contribution in [3.63, 3.8) is 0 Å². The molecular formula is C14H12ClFN2O2. The van der Waals surface area contributed by atoms with E-state index in [1.54, 1.807) is 12.1 Å². The molecule has 0 aliphatic rings. The minimum atomic E-state index is -0.673. The van der Waals surface area contributed by atoms with Gasteiger partial charge in [-0.3, -0.25) is 4.79 Å². The van der Waals surface area contributed by atoms with Crippen LogP contribution in [0.5, 0.6) is 5.75 Å². The number of hydrogen-bond acceptors (Lipinski definition) is 3. The van der Waals surface area contributed by atoms with Gasteiger partial charge in [-0.1, -0.05) is 11.6 Å². The molecule has 0 unspecified atom stereocenters. The van der Waals surface area contributed by atoms with Crippen LogP contribution in [0.3, 0.4) is 0 Å². The second-order valence-corrected chi connectivity index (χ2v) is 4.45. The Balaban J connectivity index is 2.24. The van der Waals surface area contributed by atoms with Crippen molar-refractivity contribution in [2.24, 2.45) is 0 Å². The van der Waals surface area contributed by atoms with Crippen LogP contribution in [0.25, 0.3) is 0 Å². The molecule has 0 radical (unpaired) electrons. The molecule has 4 nitrogen and oxygen atoms in total. The number of ether oxygens (including phenoxy) is 1. The van der Waals surface area contributed by atoms with Crippen LogP contribution in [0.1, 0.15) is 10.4 Å². The van der Waals surface area contributed by atoms with Crippen molar-refractivity contribution in [2.45, 2.75) is 0 Å². The Morgan fingerprint density at radius 1 is 1.30 bits per heavy atom. The summed E-state index contributed by atoms with van der Waals surface area (Å²) < 4.78 is 18.6. The summed E-state index contributed by atoms with van der Waals surface area (Å²) in [5.74, 6) is -0.935. The molecule has 0 atom stereocenters. The fraction of sp³-hybridized carbons (Fsp3) is 0.0714. The summed E-state index contributed by atoms with van der Waals surface area (Å²) in [7, 11) is 1.42. The number of anilines is 2. The molecular weight excluding hydrogens is 283 g/mol. The number of nitrogens with one attached hydrogen (secondary N) is 1. The van der Waals surface area contributed by atoms with Crippen LogP contribution in [0.4, 0.5) is 15.8 Å². The molecule has 0 spiro atoms. The molecule has 0 bridgehead atoms. The summed E-state index contributed by atoms with van der Waals surface area (Å²) in [6.07, 6.45) is 0. The summed E-state index contributed by atoms with van der Waals surface area (Å²) >= 11 is 5.94. The maximum Gasteiger partial charge on any atom is 0.258 e. The predicted octanol–water partition coefficient (Wildman–Crippen LogP) is 3.32. The normalized spacial score (nSPS) is 10.2. The highest BCUT2D eigenvalue weighted by atomic mass is 35.5. The number of nitrogens with two attached hydrogens (primary N) is 1. The maximum atomic E-state index is 13.8.